The molecule has 1 atom stereocenters. The number of nitrogens with one attached hydrogen (secondary N) is 1. The molecule has 1 heterocycles. The van der Waals surface area contributed by atoms with Crippen molar-refractivity contribution in [1.29, 1.82) is 0 Å². The Labute approximate surface area is 101 Å². The number of aliphatic carboxylic acids is 1. The number of hydrogen-bond acceptors (Lipinski definition) is 4. The van der Waals surface area contributed by atoms with Crippen LogP contribution in [0.5, 0.6) is 0 Å². The van der Waals surface area contributed by atoms with Crippen LogP contribution < -0.4 is 5.32 Å². The molecule has 0 fully saturated rings. The molecule has 96 valence electrons. The lowest BCUT2D eigenvalue weighted by Crippen LogP contribution is -2.22. The summed E-state index contributed by atoms with van der Waals surface area (Å²) in [5.74, 6) is 0.195. The third kappa shape index (κ3) is 4.95. The number of carbonyl (C=O) groups is 1. The molecule has 0 aliphatic heterocycles. The van der Waals surface area contributed by atoms with Gasteiger partial charge in [-0.15, -0.1) is 10.2 Å². The largest absolute Gasteiger partial charge is 0.481 e. The highest BCUT2D eigenvalue weighted by molar-refractivity contribution is 5.66. The second-order valence-corrected chi connectivity index (χ2v) is 4.18. The minimum atomic E-state index is -0.717. The molecule has 0 saturated carbocycles. The van der Waals surface area contributed by atoms with Crippen LogP contribution in [-0.4, -0.2) is 32.4 Å². The average Bonchev–Trinajstić information content (AvgIpc) is 2.69. The van der Waals surface area contributed by atoms with Crippen LogP contribution in [0.1, 0.15) is 44.5 Å². The lowest BCUT2D eigenvalue weighted by Gasteiger charge is -2.12. The molecule has 1 aromatic heterocycles. The van der Waals surface area contributed by atoms with Gasteiger partial charge in [0, 0.05) is 13.5 Å². The third-order valence-electron chi connectivity index (χ3n) is 2.65. The number of carboxylic acids is 1. The fraction of sp³-hybridized carbons (Fsp3) is 0.727. The fourth-order valence-corrected chi connectivity index (χ4v) is 1.67. The number of carboxylic acid groups (broad SMARTS) is 1. The second-order valence-electron chi connectivity index (χ2n) is 4.18. The highest BCUT2D eigenvalue weighted by Crippen LogP contribution is 2.07. The Bertz CT molecular complexity index is 351. The van der Waals surface area contributed by atoms with Crippen LogP contribution in [0.15, 0.2) is 6.33 Å². The zero-order valence-corrected chi connectivity index (χ0v) is 10.4. The van der Waals surface area contributed by atoms with E-state index in [9.17, 15) is 4.79 Å². The van der Waals surface area contributed by atoms with Crippen molar-refractivity contribution in [1.82, 2.24) is 20.1 Å². The van der Waals surface area contributed by atoms with E-state index in [1.54, 1.807) is 6.33 Å². The molecule has 0 radical (unpaired) electrons. The molecule has 0 saturated heterocycles. The van der Waals surface area contributed by atoms with Crippen molar-refractivity contribution in [3.63, 3.8) is 0 Å². The van der Waals surface area contributed by atoms with E-state index in [1.165, 1.54) is 0 Å². The van der Waals surface area contributed by atoms with Crippen LogP contribution in [0.25, 0.3) is 0 Å². The van der Waals surface area contributed by atoms with Crippen molar-refractivity contribution < 1.29 is 9.90 Å². The van der Waals surface area contributed by atoms with E-state index in [-0.39, 0.29) is 12.5 Å². The molecule has 1 rings (SSSR count). The van der Waals surface area contributed by atoms with Crippen LogP contribution >= 0.6 is 0 Å². The number of aromatic nitrogens is 3. The molecule has 1 aromatic rings. The average molecular weight is 240 g/mol. The van der Waals surface area contributed by atoms with Crippen LogP contribution in [0, 0.1) is 0 Å². The summed E-state index contributed by atoms with van der Waals surface area (Å²) < 4.78 is 1.89. The molecule has 6 heteroatoms. The molecule has 0 aromatic carbocycles. The quantitative estimate of drug-likeness (QED) is 0.665. The minimum Gasteiger partial charge on any atom is -0.481 e. The molecule has 0 aliphatic carbocycles. The molecule has 17 heavy (non-hydrogen) atoms. The second kappa shape index (κ2) is 7.01. The summed E-state index contributed by atoms with van der Waals surface area (Å²) in [7, 11) is 1.92. The van der Waals surface area contributed by atoms with Gasteiger partial charge < -0.3 is 15.0 Å². The fourth-order valence-electron chi connectivity index (χ4n) is 1.67. The Morgan fingerprint density at radius 3 is 2.88 bits per heavy atom. The van der Waals surface area contributed by atoms with Crippen molar-refractivity contribution >= 4 is 5.97 Å². The van der Waals surface area contributed by atoms with Crippen molar-refractivity contribution in [2.75, 3.05) is 6.54 Å². The van der Waals surface area contributed by atoms with Gasteiger partial charge in [0.25, 0.3) is 0 Å². The molecule has 1 unspecified atom stereocenters. The Hall–Kier alpha value is -1.43. The van der Waals surface area contributed by atoms with Gasteiger partial charge in [-0.25, -0.2) is 0 Å². The number of unbranched alkanes of at least 4 members (excludes halogenated alkanes) is 2. The number of aryl methyl sites for hydroxylation is 1. The Morgan fingerprint density at radius 2 is 2.29 bits per heavy atom. The predicted molar refractivity (Wildman–Crippen MR) is 63.5 cm³/mol. The summed E-state index contributed by atoms with van der Waals surface area (Å²) in [6.07, 6.45) is 4.61. The maximum atomic E-state index is 10.3. The molecule has 6 nitrogen and oxygen atoms in total. The van der Waals surface area contributed by atoms with E-state index >= 15 is 0 Å². The molecule has 0 spiro atoms. The first-order valence-electron chi connectivity index (χ1n) is 5.90. The van der Waals surface area contributed by atoms with E-state index in [1.807, 2.05) is 18.5 Å². The minimum absolute atomic E-state index is 0.168. The van der Waals surface area contributed by atoms with Crippen molar-refractivity contribution in [3.8, 4) is 0 Å². The maximum Gasteiger partial charge on any atom is 0.303 e. The molecular formula is C11H20N4O2. The normalized spacial score (nSPS) is 12.6. The first-order chi connectivity index (χ1) is 8.11. The monoisotopic (exact) mass is 240 g/mol. The van der Waals surface area contributed by atoms with Crippen LogP contribution in [0.2, 0.25) is 0 Å². The van der Waals surface area contributed by atoms with E-state index in [4.69, 9.17) is 5.11 Å². The first kappa shape index (κ1) is 13.6. The lowest BCUT2D eigenvalue weighted by molar-refractivity contribution is -0.137. The summed E-state index contributed by atoms with van der Waals surface area (Å²) in [5, 5.41) is 19.7. The molecule has 0 amide bonds. The highest BCUT2D eigenvalue weighted by atomic mass is 16.4. The summed E-state index contributed by atoms with van der Waals surface area (Å²) >= 11 is 0. The number of rotatable bonds is 8. The van der Waals surface area contributed by atoms with E-state index in [0.717, 1.165) is 31.6 Å². The first-order valence-corrected chi connectivity index (χ1v) is 5.90. The van der Waals surface area contributed by atoms with Crippen molar-refractivity contribution in [2.24, 2.45) is 7.05 Å². The van der Waals surface area contributed by atoms with Crippen molar-refractivity contribution in [2.45, 2.75) is 38.6 Å². The molecular weight excluding hydrogens is 220 g/mol. The molecule has 2 N–H and O–H groups in total. The van der Waals surface area contributed by atoms with E-state index in [0.29, 0.717) is 0 Å². The smallest absolute Gasteiger partial charge is 0.303 e. The lowest BCUT2D eigenvalue weighted by atomic mass is 10.2. The summed E-state index contributed by atoms with van der Waals surface area (Å²) in [6.45, 7) is 2.91. The van der Waals surface area contributed by atoms with Gasteiger partial charge in [0.05, 0.1) is 6.04 Å². The van der Waals surface area contributed by atoms with Gasteiger partial charge in [0.2, 0.25) is 0 Å². The maximum absolute atomic E-state index is 10.3. The van der Waals surface area contributed by atoms with E-state index < -0.39 is 5.97 Å². The summed E-state index contributed by atoms with van der Waals surface area (Å²) in [6, 6.07) is 0.168. The Balaban J connectivity index is 2.11. The standard InChI is InChI=1S/C11H20N4O2/c1-9(11-14-13-8-15(11)2)12-7-5-3-4-6-10(16)17/h8-9,12H,3-7H2,1-2H3,(H,16,17). The van der Waals surface area contributed by atoms with Gasteiger partial charge in [0.1, 0.15) is 12.2 Å². The Morgan fingerprint density at radius 1 is 1.53 bits per heavy atom. The summed E-state index contributed by atoms with van der Waals surface area (Å²) in [5.41, 5.74) is 0. The van der Waals surface area contributed by atoms with Crippen molar-refractivity contribution in [3.05, 3.63) is 12.2 Å². The summed E-state index contributed by atoms with van der Waals surface area (Å²) in [4.78, 5) is 10.3. The van der Waals surface area contributed by atoms with Gasteiger partial charge in [-0.2, -0.15) is 0 Å². The number of nitrogens with zero attached hydrogens (tertiary/aromatic N) is 3. The van der Waals surface area contributed by atoms with Gasteiger partial charge in [-0.05, 0) is 26.3 Å². The van der Waals surface area contributed by atoms with Crippen LogP contribution in [0.3, 0.4) is 0 Å². The SMILES string of the molecule is CC(NCCCCCC(=O)O)c1nncn1C. The van der Waals surface area contributed by atoms with E-state index in [2.05, 4.69) is 15.5 Å². The van der Waals surface area contributed by atoms with Crippen LogP contribution in [0.4, 0.5) is 0 Å². The third-order valence-corrected chi connectivity index (χ3v) is 2.65. The van der Waals surface area contributed by atoms with Gasteiger partial charge in [-0.3, -0.25) is 4.79 Å². The number of hydrogen-bond donors (Lipinski definition) is 2. The molecule has 0 aliphatic rings. The zero-order chi connectivity index (χ0) is 12.7. The van der Waals surface area contributed by atoms with Gasteiger partial charge >= 0.3 is 5.97 Å². The topological polar surface area (TPSA) is 80.0 Å². The molecule has 0 bridgehead atoms. The zero-order valence-electron chi connectivity index (χ0n) is 10.4. The predicted octanol–water partition coefficient (Wildman–Crippen LogP) is 1.11. The van der Waals surface area contributed by atoms with Gasteiger partial charge in [-0.1, -0.05) is 6.42 Å². The van der Waals surface area contributed by atoms with Crippen LogP contribution in [-0.2, 0) is 11.8 Å². The van der Waals surface area contributed by atoms with Gasteiger partial charge in [0.15, 0.2) is 0 Å². The Kier molecular flexibility index (Phi) is 5.62. The highest BCUT2D eigenvalue weighted by Gasteiger charge is 2.09.